The zero-order valence-corrected chi connectivity index (χ0v) is 46.8. The van der Waals surface area contributed by atoms with Gasteiger partial charge in [0.2, 0.25) is 5.91 Å². The number of ether oxygens (including phenoxy) is 1. The van der Waals surface area contributed by atoms with Gasteiger partial charge < -0.3 is 20.3 Å². The summed E-state index contributed by atoms with van der Waals surface area (Å²) < 4.78 is 5.49. The van der Waals surface area contributed by atoms with Crippen LogP contribution in [0.4, 0.5) is 0 Å². The molecular weight excluding hydrogens is 851 g/mol. The summed E-state index contributed by atoms with van der Waals surface area (Å²) in [4.78, 5) is 24.6. The number of aliphatic hydroxyl groups is 2. The molecule has 0 bridgehead atoms. The fraction of sp³-hybridized carbons (Fsp3) is 0.937. The van der Waals surface area contributed by atoms with Crippen LogP contribution >= 0.6 is 0 Å². The Morgan fingerprint density at radius 3 is 0.986 bits per heavy atom. The predicted molar refractivity (Wildman–Crippen MR) is 301 cm³/mol. The van der Waals surface area contributed by atoms with E-state index in [1.54, 1.807) is 6.08 Å². The number of carbonyl (C=O) groups excluding carboxylic acids is 2. The van der Waals surface area contributed by atoms with Gasteiger partial charge in [0.15, 0.2) is 0 Å². The second kappa shape index (κ2) is 59.2. The first-order valence-corrected chi connectivity index (χ1v) is 31.5. The molecule has 0 heterocycles. The Hall–Kier alpha value is -1.40. The lowest BCUT2D eigenvalue weighted by molar-refractivity contribution is -0.143. The topological polar surface area (TPSA) is 95.9 Å². The number of esters is 1. The van der Waals surface area contributed by atoms with Crippen molar-refractivity contribution in [3.8, 4) is 0 Å². The van der Waals surface area contributed by atoms with Crippen molar-refractivity contribution in [2.24, 2.45) is 0 Å². The summed E-state index contributed by atoms with van der Waals surface area (Å²) in [5.74, 6) is -0.0781. The van der Waals surface area contributed by atoms with Gasteiger partial charge in [0.25, 0.3) is 0 Å². The molecule has 6 heteroatoms. The van der Waals surface area contributed by atoms with Gasteiger partial charge in [0, 0.05) is 12.8 Å². The third-order valence-electron chi connectivity index (χ3n) is 14.8. The molecule has 69 heavy (non-hydrogen) atoms. The highest BCUT2D eigenvalue weighted by molar-refractivity contribution is 5.76. The second-order valence-corrected chi connectivity index (χ2v) is 21.8. The summed E-state index contributed by atoms with van der Waals surface area (Å²) >= 11 is 0. The zero-order valence-electron chi connectivity index (χ0n) is 46.8. The maximum absolute atomic E-state index is 12.5. The van der Waals surface area contributed by atoms with Gasteiger partial charge in [-0.25, -0.2) is 0 Å². The number of rotatable bonds is 59. The number of hydrogen-bond donors (Lipinski definition) is 3. The molecule has 0 radical (unpaired) electrons. The monoisotopic (exact) mass is 974 g/mol. The zero-order chi connectivity index (χ0) is 50.0. The lowest BCUT2D eigenvalue weighted by Gasteiger charge is -2.20. The quantitative estimate of drug-likeness (QED) is 0.0321. The molecule has 0 rings (SSSR count). The summed E-state index contributed by atoms with van der Waals surface area (Å²) in [5.41, 5.74) is 0. The van der Waals surface area contributed by atoms with Gasteiger partial charge >= 0.3 is 5.97 Å². The van der Waals surface area contributed by atoms with E-state index in [4.69, 9.17) is 4.74 Å². The molecule has 0 saturated heterocycles. The van der Waals surface area contributed by atoms with E-state index in [9.17, 15) is 19.8 Å². The van der Waals surface area contributed by atoms with Gasteiger partial charge in [-0.15, -0.1) is 0 Å². The minimum atomic E-state index is -0.853. The lowest BCUT2D eigenvalue weighted by atomic mass is 10.0. The molecule has 0 aromatic carbocycles. The average Bonchev–Trinajstić information content (AvgIpc) is 3.35. The number of amides is 1. The first-order chi connectivity index (χ1) is 34.0. The van der Waals surface area contributed by atoms with E-state index >= 15 is 0 Å². The molecule has 2 unspecified atom stereocenters. The lowest BCUT2D eigenvalue weighted by Crippen LogP contribution is -2.45. The predicted octanol–water partition coefficient (Wildman–Crippen LogP) is 19.6. The maximum atomic E-state index is 12.5. The molecule has 0 aromatic rings. The molecule has 0 fully saturated rings. The summed E-state index contributed by atoms with van der Waals surface area (Å²) in [6.45, 7) is 4.91. The van der Waals surface area contributed by atoms with Crippen LogP contribution in [0.25, 0.3) is 0 Å². The van der Waals surface area contributed by atoms with Crippen LogP contribution in [0.5, 0.6) is 0 Å². The van der Waals surface area contributed by atoms with E-state index in [1.165, 1.54) is 270 Å². The molecule has 6 nitrogen and oxygen atoms in total. The third kappa shape index (κ3) is 55.8. The van der Waals surface area contributed by atoms with Crippen LogP contribution in [-0.2, 0) is 14.3 Å². The Morgan fingerprint density at radius 2 is 0.667 bits per heavy atom. The Kier molecular flexibility index (Phi) is 58.0. The molecule has 0 aliphatic rings. The fourth-order valence-corrected chi connectivity index (χ4v) is 9.99. The third-order valence-corrected chi connectivity index (χ3v) is 14.8. The highest BCUT2D eigenvalue weighted by atomic mass is 16.5. The van der Waals surface area contributed by atoms with Crippen molar-refractivity contribution in [3.63, 3.8) is 0 Å². The van der Waals surface area contributed by atoms with Crippen molar-refractivity contribution < 1.29 is 24.5 Å². The van der Waals surface area contributed by atoms with Crippen molar-refractivity contribution in [1.29, 1.82) is 0 Å². The summed E-state index contributed by atoms with van der Waals surface area (Å²) in [7, 11) is 0. The Balaban J connectivity index is 3.45. The summed E-state index contributed by atoms with van der Waals surface area (Å²) in [6.07, 6.45) is 71.0. The van der Waals surface area contributed by atoms with Crippen molar-refractivity contribution in [2.75, 3.05) is 13.2 Å². The van der Waals surface area contributed by atoms with Gasteiger partial charge in [-0.1, -0.05) is 321 Å². The van der Waals surface area contributed by atoms with E-state index in [2.05, 4.69) is 19.2 Å². The van der Waals surface area contributed by atoms with E-state index in [1.807, 2.05) is 6.08 Å². The number of nitrogens with one attached hydrogen (secondary N) is 1. The maximum Gasteiger partial charge on any atom is 0.305 e. The van der Waals surface area contributed by atoms with E-state index in [0.717, 1.165) is 57.8 Å². The van der Waals surface area contributed by atoms with Crippen molar-refractivity contribution in [3.05, 3.63) is 12.2 Å². The highest BCUT2D eigenvalue weighted by Gasteiger charge is 2.18. The molecule has 0 spiro atoms. The number of aliphatic hydroxyl groups excluding tert-OH is 2. The molecule has 2 atom stereocenters. The Morgan fingerprint density at radius 1 is 0.391 bits per heavy atom. The second-order valence-electron chi connectivity index (χ2n) is 21.8. The van der Waals surface area contributed by atoms with Gasteiger partial charge in [0.05, 0.1) is 25.4 Å². The standard InChI is InChI=1S/C63H123NO5/c1-3-5-7-9-11-13-15-17-19-21-22-23-24-25-27-28-31-35-39-43-47-51-55-61(66)60(59-65)64-62(67)56-52-48-44-40-36-32-30-34-38-42-46-50-54-58-69-63(68)57-53-49-45-41-37-33-29-26-20-18-16-14-12-10-8-6-4-2/h51,55,60-61,65-66H,3-50,52-54,56-59H2,1-2H3,(H,64,67)/b55-51+. The smallest absolute Gasteiger partial charge is 0.305 e. The molecule has 0 aliphatic heterocycles. The van der Waals surface area contributed by atoms with Gasteiger partial charge in [0.1, 0.15) is 0 Å². The molecule has 0 aliphatic carbocycles. The first kappa shape index (κ1) is 67.6. The highest BCUT2D eigenvalue weighted by Crippen LogP contribution is 2.18. The summed E-state index contributed by atoms with van der Waals surface area (Å²) in [5, 5.41) is 23.2. The van der Waals surface area contributed by atoms with Crippen LogP contribution in [-0.4, -0.2) is 47.4 Å². The first-order valence-electron chi connectivity index (χ1n) is 31.5. The minimum Gasteiger partial charge on any atom is -0.466 e. The normalized spacial score (nSPS) is 12.6. The van der Waals surface area contributed by atoms with Crippen molar-refractivity contribution in [1.82, 2.24) is 5.32 Å². The SMILES string of the molecule is CCCCCCCCCCCCCCCCCCCCCC/C=C/C(O)C(CO)NC(=O)CCCCCCCCCCCCCCCOC(=O)CCCCCCCCCCCCCCCCCCC. The number of carbonyl (C=O) groups is 2. The number of unbranched alkanes of at least 4 members (excludes halogenated alkanes) is 48. The van der Waals surface area contributed by atoms with Crippen LogP contribution in [0.3, 0.4) is 0 Å². The van der Waals surface area contributed by atoms with Gasteiger partial charge in [-0.05, 0) is 32.1 Å². The van der Waals surface area contributed by atoms with Crippen molar-refractivity contribution in [2.45, 2.75) is 366 Å². The molecule has 0 saturated carbocycles. The number of allylic oxidation sites excluding steroid dienone is 1. The Bertz CT molecular complexity index is 1030. The van der Waals surface area contributed by atoms with Crippen LogP contribution in [0.15, 0.2) is 12.2 Å². The molecule has 410 valence electrons. The van der Waals surface area contributed by atoms with E-state index < -0.39 is 12.1 Å². The molecule has 1 amide bonds. The van der Waals surface area contributed by atoms with Crippen LogP contribution in [0.1, 0.15) is 354 Å². The Labute approximate surface area is 431 Å². The van der Waals surface area contributed by atoms with Crippen LogP contribution < -0.4 is 5.32 Å². The fourth-order valence-electron chi connectivity index (χ4n) is 9.99. The van der Waals surface area contributed by atoms with Crippen LogP contribution in [0.2, 0.25) is 0 Å². The van der Waals surface area contributed by atoms with E-state index in [0.29, 0.717) is 19.4 Å². The molecular formula is C63H123NO5. The van der Waals surface area contributed by atoms with Crippen molar-refractivity contribution >= 4 is 11.9 Å². The average molecular weight is 975 g/mol. The van der Waals surface area contributed by atoms with Crippen LogP contribution in [0, 0.1) is 0 Å². The molecule has 0 aromatic heterocycles. The minimum absolute atomic E-state index is 0.00175. The van der Waals surface area contributed by atoms with Gasteiger partial charge in [-0.2, -0.15) is 0 Å². The van der Waals surface area contributed by atoms with E-state index in [-0.39, 0.29) is 18.5 Å². The summed E-state index contributed by atoms with van der Waals surface area (Å²) in [6, 6.07) is -0.638. The van der Waals surface area contributed by atoms with Gasteiger partial charge in [-0.3, -0.25) is 9.59 Å². The largest absolute Gasteiger partial charge is 0.466 e. The molecule has 3 N–H and O–H groups in total. The number of hydrogen-bond acceptors (Lipinski definition) is 5.